The maximum atomic E-state index is 11.3. The number of nitrogens with one attached hydrogen (secondary N) is 1. The van der Waals surface area contributed by atoms with Gasteiger partial charge in [-0.2, -0.15) is 0 Å². The first kappa shape index (κ1) is 15.8. The van der Waals surface area contributed by atoms with Gasteiger partial charge in [0, 0.05) is 0 Å². The summed E-state index contributed by atoms with van der Waals surface area (Å²) in [7, 11) is 0. The molecule has 0 saturated heterocycles. The van der Waals surface area contributed by atoms with Gasteiger partial charge in [0.05, 0.1) is 11.5 Å². The van der Waals surface area contributed by atoms with E-state index < -0.39 is 23.9 Å². The van der Waals surface area contributed by atoms with Crippen LogP contribution in [0.25, 0.3) is 0 Å². The summed E-state index contributed by atoms with van der Waals surface area (Å²) in [6, 6.07) is -0.909. The Kier molecular flexibility index (Phi) is 7.36. The first-order valence-corrected chi connectivity index (χ1v) is 6.30. The fourth-order valence-electron chi connectivity index (χ4n) is 1.16. The van der Waals surface area contributed by atoms with Gasteiger partial charge in [-0.3, -0.25) is 9.59 Å². The lowest BCUT2D eigenvalue weighted by Gasteiger charge is -2.16. The SMILES string of the molecule is CC(C)C[C@@H](NC(=O)CSCC(=O)O)C(=O)O. The molecule has 0 aliphatic heterocycles. The van der Waals surface area contributed by atoms with E-state index in [-0.39, 0.29) is 17.4 Å². The Morgan fingerprint density at radius 3 is 2.18 bits per heavy atom. The van der Waals surface area contributed by atoms with E-state index in [2.05, 4.69) is 5.32 Å². The van der Waals surface area contributed by atoms with Crippen LogP contribution < -0.4 is 5.32 Å². The summed E-state index contributed by atoms with van der Waals surface area (Å²) in [5.74, 6) is -2.59. The smallest absolute Gasteiger partial charge is 0.326 e. The standard InChI is InChI=1S/C10H17NO5S/c1-6(2)3-7(10(15)16)11-8(12)4-17-5-9(13)14/h6-7H,3-5H2,1-2H3,(H,11,12)(H,13,14)(H,15,16)/t7-/m1/s1. The van der Waals surface area contributed by atoms with Crippen molar-refractivity contribution in [3.63, 3.8) is 0 Å². The van der Waals surface area contributed by atoms with Crippen LogP contribution in [0.1, 0.15) is 20.3 Å². The maximum absolute atomic E-state index is 11.3. The zero-order chi connectivity index (χ0) is 13.4. The van der Waals surface area contributed by atoms with Gasteiger partial charge in [-0.1, -0.05) is 13.8 Å². The number of aliphatic carboxylic acids is 2. The average molecular weight is 263 g/mol. The predicted molar refractivity (Wildman–Crippen MR) is 64.0 cm³/mol. The van der Waals surface area contributed by atoms with Crippen LogP contribution >= 0.6 is 11.8 Å². The van der Waals surface area contributed by atoms with Crippen molar-refractivity contribution in [2.45, 2.75) is 26.3 Å². The minimum atomic E-state index is -1.07. The van der Waals surface area contributed by atoms with E-state index in [0.717, 1.165) is 11.8 Å². The molecular formula is C10H17NO5S. The molecule has 17 heavy (non-hydrogen) atoms. The average Bonchev–Trinajstić information content (AvgIpc) is 2.15. The Bertz CT molecular complexity index is 292. The molecule has 0 unspecified atom stereocenters. The van der Waals surface area contributed by atoms with Crippen LogP contribution in [-0.2, 0) is 14.4 Å². The molecule has 1 amide bonds. The van der Waals surface area contributed by atoms with Gasteiger partial charge in [0.25, 0.3) is 0 Å². The summed E-state index contributed by atoms with van der Waals surface area (Å²) in [4.78, 5) is 32.4. The lowest BCUT2D eigenvalue weighted by molar-refractivity contribution is -0.142. The van der Waals surface area contributed by atoms with E-state index in [0.29, 0.717) is 6.42 Å². The van der Waals surface area contributed by atoms with Crippen molar-refractivity contribution < 1.29 is 24.6 Å². The second-order valence-electron chi connectivity index (χ2n) is 3.97. The molecule has 6 nitrogen and oxygen atoms in total. The van der Waals surface area contributed by atoms with Crippen LogP contribution in [0.15, 0.2) is 0 Å². The fraction of sp³-hybridized carbons (Fsp3) is 0.700. The molecule has 0 fully saturated rings. The molecule has 1 atom stereocenters. The zero-order valence-electron chi connectivity index (χ0n) is 9.80. The molecule has 0 aliphatic carbocycles. The highest BCUT2D eigenvalue weighted by Gasteiger charge is 2.20. The molecule has 0 saturated carbocycles. The number of carboxylic acid groups (broad SMARTS) is 2. The van der Waals surface area contributed by atoms with Gasteiger partial charge in [0.15, 0.2) is 0 Å². The van der Waals surface area contributed by atoms with Gasteiger partial charge in [0.2, 0.25) is 5.91 Å². The molecule has 0 aromatic rings. The summed E-state index contributed by atoms with van der Waals surface area (Å²) in [6.07, 6.45) is 0.352. The Hall–Kier alpha value is -1.24. The minimum absolute atomic E-state index is 0.0474. The number of amides is 1. The molecule has 7 heteroatoms. The highest BCUT2D eigenvalue weighted by atomic mass is 32.2. The Morgan fingerprint density at radius 1 is 1.18 bits per heavy atom. The molecule has 0 bridgehead atoms. The molecule has 0 rings (SSSR count). The Morgan fingerprint density at radius 2 is 1.76 bits per heavy atom. The van der Waals surface area contributed by atoms with Crippen molar-refractivity contribution in [3.8, 4) is 0 Å². The van der Waals surface area contributed by atoms with Crippen LogP contribution in [0.3, 0.4) is 0 Å². The van der Waals surface area contributed by atoms with Crippen molar-refractivity contribution >= 4 is 29.6 Å². The summed E-state index contributed by atoms with van der Waals surface area (Å²) < 4.78 is 0. The summed E-state index contributed by atoms with van der Waals surface area (Å²) in [5.41, 5.74) is 0. The van der Waals surface area contributed by atoms with Gasteiger partial charge in [-0.05, 0) is 12.3 Å². The van der Waals surface area contributed by atoms with Crippen molar-refractivity contribution in [1.29, 1.82) is 0 Å². The van der Waals surface area contributed by atoms with Crippen molar-refractivity contribution in [3.05, 3.63) is 0 Å². The number of carbonyl (C=O) groups excluding carboxylic acids is 1. The van der Waals surface area contributed by atoms with Crippen molar-refractivity contribution in [1.82, 2.24) is 5.32 Å². The molecule has 0 aliphatic rings. The first-order valence-electron chi connectivity index (χ1n) is 5.14. The molecule has 0 heterocycles. The van der Waals surface area contributed by atoms with Gasteiger partial charge in [-0.25, -0.2) is 4.79 Å². The summed E-state index contributed by atoms with van der Waals surface area (Å²) >= 11 is 0.938. The van der Waals surface area contributed by atoms with E-state index >= 15 is 0 Å². The quantitative estimate of drug-likeness (QED) is 0.586. The maximum Gasteiger partial charge on any atom is 0.326 e. The molecule has 98 valence electrons. The van der Waals surface area contributed by atoms with E-state index in [1.165, 1.54) is 0 Å². The lowest BCUT2D eigenvalue weighted by Crippen LogP contribution is -2.42. The summed E-state index contributed by atoms with van der Waals surface area (Å²) in [5, 5.41) is 19.6. The van der Waals surface area contributed by atoms with Gasteiger partial charge in [0.1, 0.15) is 6.04 Å². The molecule has 0 spiro atoms. The van der Waals surface area contributed by atoms with Crippen LogP contribution in [0.2, 0.25) is 0 Å². The van der Waals surface area contributed by atoms with Crippen LogP contribution in [0.5, 0.6) is 0 Å². The highest BCUT2D eigenvalue weighted by molar-refractivity contribution is 8.00. The number of carbonyl (C=O) groups is 3. The molecule has 3 N–H and O–H groups in total. The van der Waals surface area contributed by atoms with E-state index in [9.17, 15) is 14.4 Å². The fourth-order valence-corrected chi connectivity index (χ4v) is 1.71. The van der Waals surface area contributed by atoms with Crippen molar-refractivity contribution in [2.24, 2.45) is 5.92 Å². The van der Waals surface area contributed by atoms with E-state index in [1.54, 1.807) is 0 Å². The number of rotatable bonds is 8. The van der Waals surface area contributed by atoms with Crippen LogP contribution in [0.4, 0.5) is 0 Å². The number of hydrogen-bond donors (Lipinski definition) is 3. The third kappa shape index (κ3) is 8.56. The minimum Gasteiger partial charge on any atom is -0.481 e. The highest BCUT2D eigenvalue weighted by Crippen LogP contribution is 2.06. The van der Waals surface area contributed by atoms with E-state index in [4.69, 9.17) is 10.2 Å². The third-order valence-electron chi connectivity index (χ3n) is 1.80. The second-order valence-corrected chi connectivity index (χ2v) is 4.96. The predicted octanol–water partition coefficient (Wildman–Crippen LogP) is 0.420. The van der Waals surface area contributed by atoms with E-state index in [1.807, 2.05) is 13.8 Å². The molecule has 0 aromatic carbocycles. The normalized spacial score (nSPS) is 12.2. The van der Waals surface area contributed by atoms with Gasteiger partial charge >= 0.3 is 11.9 Å². The Labute approximate surface area is 104 Å². The van der Waals surface area contributed by atoms with Crippen molar-refractivity contribution in [2.75, 3.05) is 11.5 Å². The first-order chi connectivity index (χ1) is 7.82. The topological polar surface area (TPSA) is 104 Å². The van der Waals surface area contributed by atoms with Crippen LogP contribution in [-0.4, -0.2) is 45.6 Å². The number of thioether (sulfide) groups is 1. The number of carboxylic acids is 2. The molecular weight excluding hydrogens is 246 g/mol. The van der Waals surface area contributed by atoms with Crippen LogP contribution in [0, 0.1) is 5.92 Å². The molecule has 0 radical (unpaired) electrons. The second kappa shape index (κ2) is 7.94. The monoisotopic (exact) mass is 263 g/mol. The van der Waals surface area contributed by atoms with Gasteiger partial charge < -0.3 is 15.5 Å². The number of hydrogen-bond acceptors (Lipinski definition) is 4. The lowest BCUT2D eigenvalue weighted by atomic mass is 10.0. The Balaban J connectivity index is 4.04. The molecule has 0 aromatic heterocycles. The largest absolute Gasteiger partial charge is 0.481 e. The third-order valence-corrected chi connectivity index (χ3v) is 2.72. The zero-order valence-corrected chi connectivity index (χ0v) is 10.6. The summed E-state index contributed by atoms with van der Waals surface area (Å²) in [6.45, 7) is 3.72. The van der Waals surface area contributed by atoms with Gasteiger partial charge in [-0.15, -0.1) is 11.8 Å².